The number of rotatable bonds is 0. The van der Waals surface area contributed by atoms with Crippen LogP contribution >= 0.6 is 0 Å². The fourth-order valence-electron chi connectivity index (χ4n) is 7.72. The van der Waals surface area contributed by atoms with Crippen LogP contribution in [0.3, 0.4) is 0 Å². The molecule has 3 fully saturated rings. The molecule has 3 saturated carbocycles. The summed E-state index contributed by atoms with van der Waals surface area (Å²) in [5.74, 6) is 2.17. The molecule has 0 aliphatic heterocycles. The molecule has 0 radical (unpaired) electrons. The minimum Gasteiger partial charge on any atom is -0.393 e. The van der Waals surface area contributed by atoms with Crippen LogP contribution in [0.2, 0.25) is 0 Å². The SMILES string of the molecule is CC(C)(C)[C@]12CC[C@H]3[C@@H](CC=C4CC(O)CC[C@@]43C)[C@@H]1CCC2O. The minimum atomic E-state index is -0.119. The van der Waals surface area contributed by atoms with Crippen molar-refractivity contribution >= 4 is 0 Å². The Morgan fingerprint density at radius 3 is 2.46 bits per heavy atom. The smallest absolute Gasteiger partial charge is 0.0604 e. The number of aliphatic hydroxyl groups excluding tert-OH is 2. The second kappa shape index (κ2) is 5.33. The maximum Gasteiger partial charge on any atom is 0.0604 e. The Kier molecular flexibility index (Phi) is 3.80. The molecule has 0 aromatic carbocycles. The second-order valence-corrected chi connectivity index (χ2v) is 10.6. The quantitative estimate of drug-likeness (QED) is 0.631. The lowest BCUT2D eigenvalue weighted by atomic mass is 9.44. The van der Waals surface area contributed by atoms with Gasteiger partial charge in [0.25, 0.3) is 0 Å². The molecule has 136 valence electrons. The monoisotopic (exact) mass is 332 g/mol. The van der Waals surface area contributed by atoms with E-state index in [9.17, 15) is 10.2 Å². The Labute approximate surface area is 147 Å². The van der Waals surface area contributed by atoms with E-state index in [-0.39, 0.29) is 23.0 Å². The van der Waals surface area contributed by atoms with Crippen LogP contribution in [0, 0.1) is 34.0 Å². The summed E-state index contributed by atoms with van der Waals surface area (Å²) in [7, 11) is 0. The van der Waals surface area contributed by atoms with Crippen LogP contribution < -0.4 is 0 Å². The number of fused-ring (bicyclic) bond motifs is 5. The molecule has 24 heavy (non-hydrogen) atoms. The third-order valence-corrected chi connectivity index (χ3v) is 8.95. The fraction of sp³-hybridized carbons (Fsp3) is 0.909. The molecule has 7 atom stereocenters. The van der Waals surface area contributed by atoms with Crippen molar-refractivity contribution in [2.24, 2.45) is 34.0 Å². The maximum absolute atomic E-state index is 11.0. The normalized spacial score (nSPS) is 51.4. The zero-order valence-corrected chi connectivity index (χ0v) is 16.0. The van der Waals surface area contributed by atoms with Crippen molar-refractivity contribution in [3.63, 3.8) is 0 Å². The lowest BCUT2D eigenvalue weighted by molar-refractivity contribution is -0.135. The largest absolute Gasteiger partial charge is 0.393 e. The molecule has 4 rings (SSSR count). The fourth-order valence-corrected chi connectivity index (χ4v) is 7.72. The van der Waals surface area contributed by atoms with Gasteiger partial charge in [-0.25, -0.2) is 0 Å². The van der Waals surface area contributed by atoms with Crippen molar-refractivity contribution in [1.82, 2.24) is 0 Å². The first kappa shape index (κ1) is 17.1. The van der Waals surface area contributed by atoms with E-state index in [0.717, 1.165) is 37.5 Å². The van der Waals surface area contributed by atoms with Gasteiger partial charge in [-0.05, 0) is 80.0 Å². The molecule has 0 amide bonds. The zero-order chi connectivity index (χ0) is 17.3. The molecule has 2 heteroatoms. The highest BCUT2D eigenvalue weighted by molar-refractivity contribution is 5.26. The average molecular weight is 333 g/mol. The van der Waals surface area contributed by atoms with Gasteiger partial charge in [0.1, 0.15) is 0 Å². The summed E-state index contributed by atoms with van der Waals surface area (Å²) in [5, 5.41) is 21.1. The molecule has 4 aliphatic carbocycles. The Bertz CT molecular complexity index is 545. The summed E-state index contributed by atoms with van der Waals surface area (Å²) in [4.78, 5) is 0. The van der Waals surface area contributed by atoms with E-state index in [0.29, 0.717) is 11.3 Å². The van der Waals surface area contributed by atoms with Gasteiger partial charge in [-0.15, -0.1) is 0 Å². The van der Waals surface area contributed by atoms with Crippen molar-refractivity contribution in [2.45, 2.75) is 91.3 Å². The van der Waals surface area contributed by atoms with E-state index in [1.165, 1.54) is 25.7 Å². The molecule has 0 aromatic heterocycles. The van der Waals surface area contributed by atoms with E-state index in [1.807, 2.05) is 0 Å². The van der Waals surface area contributed by atoms with E-state index in [1.54, 1.807) is 5.57 Å². The first-order valence-corrected chi connectivity index (χ1v) is 10.3. The third kappa shape index (κ3) is 2.08. The molecule has 2 nitrogen and oxygen atoms in total. The van der Waals surface area contributed by atoms with Gasteiger partial charge in [0.15, 0.2) is 0 Å². The predicted molar refractivity (Wildman–Crippen MR) is 97.5 cm³/mol. The maximum atomic E-state index is 11.0. The summed E-state index contributed by atoms with van der Waals surface area (Å²) < 4.78 is 0. The van der Waals surface area contributed by atoms with Gasteiger partial charge < -0.3 is 10.2 Å². The lowest BCUT2D eigenvalue weighted by Gasteiger charge is -2.61. The summed E-state index contributed by atoms with van der Waals surface area (Å²) in [6.45, 7) is 9.56. The molecule has 2 N–H and O–H groups in total. The number of allylic oxidation sites excluding steroid dienone is 1. The third-order valence-electron chi connectivity index (χ3n) is 8.95. The van der Waals surface area contributed by atoms with E-state index < -0.39 is 0 Å². The predicted octanol–water partition coefficient (Wildman–Crippen LogP) is 4.70. The molecule has 0 aromatic rings. The highest BCUT2D eigenvalue weighted by Crippen LogP contribution is 2.68. The molecular formula is C22H36O2. The van der Waals surface area contributed by atoms with Crippen LogP contribution in [0.4, 0.5) is 0 Å². The first-order chi connectivity index (χ1) is 11.2. The van der Waals surface area contributed by atoms with Crippen molar-refractivity contribution < 1.29 is 10.2 Å². The van der Waals surface area contributed by atoms with Gasteiger partial charge in [-0.2, -0.15) is 0 Å². The molecular weight excluding hydrogens is 296 g/mol. The van der Waals surface area contributed by atoms with Gasteiger partial charge >= 0.3 is 0 Å². The van der Waals surface area contributed by atoms with Gasteiger partial charge in [0, 0.05) is 5.41 Å². The second-order valence-electron chi connectivity index (χ2n) is 10.6. The summed E-state index contributed by atoms with van der Waals surface area (Å²) in [6.07, 6.45) is 11.1. The molecule has 0 spiro atoms. The molecule has 0 heterocycles. The number of aliphatic hydroxyl groups is 2. The van der Waals surface area contributed by atoms with E-state index in [4.69, 9.17) is 0 Å². The highest BCUT2D eigenvalue weighted by atomic mass is 16.3. The van der Waals surface area contributed by atoms with Crippen LogP contribution in [-0.4, -0.2) is 22.4 Å². The minimum absolute atomic E-state index is 0.115. The number of hydrogen-bond acceptors (Lipinski definition) is 2. The van der Waals surface area contributed by atoms with Crippen LogP contribution in [0.1, 0.15) is 79.1 Å². The first-order valence-electron chi connectivity index (χ1n) is 10.3. The van der Waals surface area contributed by atoms with Gasteiger partial charge in [0.05, 0.1) is 12.2 Å². The van der Waals surface area contributed by atoms with Crippen LogP contribution in [0.5, 0.6) is 0 Å². The van der Waals surface area contributed by atoms with Gasteiger partial charge in [-0.1, -0.05) is 39.3 Å². The highest BCUT2D eigenvalue weighted by Gasteiger charge is 2.63. The van der Waals surface area contributed by atoms with Crippen LogP contribution in [-0.2, 0) is 0 Å². The van der Waals surface area contributed by atoms with Crippen molar-refractivity contribution in [3.8, 4) is 0 Å². The molecule has 0 saturated heterocycles. The molecule has 0 bridgehead atoms. The zero-order valence-electron chi connectivity index (χ0n) is 16.0. The summed E-state index contributed by atoms with van der Waals surface area (Å²) in [6, 6.07) is 0. The Balaban J connectivity index is 1.72. The van der Waals surface area contributed by atoms with Gasteiger partial charge in [-0.3, -0.25) is 0 Å². The van der Waals surface area contributed by atoms with Crippen molar-refractivity contribution in [3.05, 3.63) is 11.6 Å². The van der Waals surface area contributed by atoms with Crippen molar-refractivity contribution in [1.29, 1.82) is 0 Å². The summed E-state index contributed by atoms with van der Waals surface area (Å²) in [5.41, 5.74) is 2.14. The van der Waals surface area contributed by atoms with Crippen LogP contribution in [0.15, 0.2) is 11.6 Å². The molecule has 4 aliphatic rings. The summed E-state index contributed by atoms with van der Waals surface area (Å²) >= 11 is 0. The Hall–Kier alpha value is -0.340. The Morgan fingerprint density at radius 2 is 1.75 bits per heavy atom. The van der Waals surface area contributed by atoms with Crippen molar-refractivity contribution in [2.75, 3.05) is 0 Å². The lowest BCUT2D eigenvalue weighted by Crippen LogP contribution is -2.56. The van der Waals surface area contributed by atoms with E-state index >= 15 is 0 Å². The average Bonchev–Trinajstić information content (AvgIpc) is 2.86. The topological polar surface area (TPSA) is 40.5 Å². The van der Waals surface area contributed by atoms with E-state index in [2.05, 4.69) is 33.8 Å². The van der Waals surface area contributed by atoms with Crippen LogP contribution in [0.25, 0.3) is 0 Å². The Morgan fingerprint density at radius 1 is 1.00 bits per heavy atom. The standard InChI is InChI=1S/C22H36O2/c1-20(2,3)22-12-10-17-16(18(22)7-8-19(22)24)6-5-14-13-15(23)9-11-21(14,17)4/h5,15-19,23-24H,6-13H2,1-4H3/t15?,16-,17+,18+,19?,21+,22-/m1/s1. The van der Waals surface area contributed by atoms with Gasteiger partial charge in [0.2, 0.25) is 0 Å². The molecule has 2 unspecified atom stereocenters. The number of hydrogen-bond donors (Lipinski definition) is 2.